The van der Waals surface area contributed by atoms with Gasteiger partial charge in [0, 0.05) is 7.05 Å². The van der Waals surface area contributed by atoms with Crippen LogP contribution in [0.25, 0.3) is 0 Å². The van der Waals surface area contributed by atoms with E-state index in [4.69, 9.17) is 11.6 Å². The summed E-state index contributed by atoms with van der Waals surface area (Å²) < 4.78 is 1.42. The van der Waals surface area contributed by atoms with Gasteiger partial charge in [-0.05, 0) is 22.6 Å². The third kappa shape index (κ3) is 2.94. The highest BCUT2D eigenvalue weighted by Gasteiger charge is 2.10. The molecule has 2 rings (SSSR count). The summed E-state index contributed by atoms with van der Waals surface area (Å²) in [5.74, 6) is 0.512. The zero-order valence-corrected chi connectivity index (χ0v) is 9.59. The molecule has 0 spiro atoms. The highest BCUT2D eigenvalue weighted by Crippen LogP contribution is 2.06. The lowest BCUT2D eigenvalue weighted by molar-refractivity contribution is -0.115. The van der Waals surface area contributed by atoms with Crippen molar-refractivity contribution < 1.29 is 4.79 Å². The van der Waals surface area contributed by atoms with Crippen molar-refractivity contribution in [2.75, 3.05) is 5.32 Å². The lowest BCUT2D eigenvalue weighted by atomic mass is 10.4. The fraction of sp³-hybridized carbons (Fsp3) is 0.250. The molecule has 0 fully saturated rings. The number of hydrogen-bond donors (Lipinski definition) is 1. The third-order valence-electron chi connectivity index (χ3n) is 1.93. The molecule has 0 saturated heterocycles. The van der Waals surface area contributed by atoms with E-state index in [0.29, 0.717) is 11.6 Å². The molecule has 8 nitrogen and oxygen atoms in total. The van der Waals surface area contributed by atoms with Gasteiger partial charge in [0.2, 0.25) is 5.91 Å². The van der Waals surface area contributed by atoms with Crippen molar-refractivity contribution in [2.24, 2.45) is 7.05 Å². The van der Waals surface area contributed by atoms with Crippen LogP contribution in [0.5, 0.6) is 0 Å². The molecule has 1 amide bonds. The van der Waals surface area contributed by atoms with Crippen molar-refractivity contribution in [2.45, 2.75) is 6.42 Å². The minimum atomic E-state index is -0.278. The van der Waals surface area contributed by atoms with Crippen LogP contribution in [0.2, 0.25) is 5.15 Å². The minimum absolute atomic E-state index is 0.0633. The van der Waals surface area contributed by atoms with Crippen LogP contribution < -0.4 is 5.32 Å². The second-order valence-corrected chi connectivity index (χ2v) is 3.57. The number of anilines is 1. The number of halogens is 1. The van der Waals surface area contributed by atoms with Crippen LogP contribution in [0.3, 0.4) is 0 Å². The summed E-state index contributed by atoms with van der Waals surface area (Å²) in [4.78, 5) is 11.6. The van der Waals surface area contributed by atoms with E-state index in [9.17, 15) is 4.79 Å². The van der Waals surface area contributed by atoms with Gasteiger partial charge in [-0.25, -0.2) is 4.68 Å². The molecule has 0 radical (unpaired) electrons. The summed E-state index contributed by atoms with van der Waals surface area (Å²) in [6.07, 6.45) is 0.0633. The van der Waals surface area contributed by atoms with Gasteiger partial charge in [0.05, 0.1) is 6.42 Å². The first kappa shape index (κ1) is 11.4. The summed E-state index contributed by atoms with van der Waals surface area (Å²) in [5, 5.41) is 20.9. The molecule has 0 aliphatic carbocycles. The number of tetrazole rings is 1. The van der Waals surface area contributed by atoms with Gasteiger partial charge in [-0.1, -0.05) is 11.6 Å². The Balaban J connectivity index is 1.98. The first-order valence-electron chi connectivity index (χ1n) is 4.65. The van der Waals surface area contributed by atoms with E-state index in [1.165, 1.54) is 10.7 Å². The Bertz CT molecular complexity index is 523. The second-order valence-electron chi connectivity index (χ2n) is 3.18. The number of aryl methyl sites for hydroxylation is 1. The van der Waals surface area contributed by atoms with Gasteiger partial charge in [-0.15, -0.1) is 15.3 Å². The molecular formula is C8H8ClN7O. The van der Waals surface area contributed by atoms with Crippen LogP contribution in [0.15, 0.2) is 12.1 Å². The van der Waals surface area contributed by atoms with E-state index in [0.717, 1.165) is 0 Å². The fourth-order valence-electron chi connectivity index (χ4n) is 1.11. The van der Waals surface area contributed by atoms with Crippen LogP contribution in [0.4, 0.5) is 5.82 Å². The van der Waals surface area contributed by atoms with Crippen molar-refractivity contribution >= 4 is 23.3 Å². The van der Waals surface area contributed by atoms with Gasteiger partial charge in [-0.3, -0.25) is 4.79 Å². The predicted octanol–water partition coefficient (Wildman–Crippen LogP) is -0.165. The number of hydrogen-bond acceptors (Lipinski definition) is 6. The molecule has 0 aliphatic rings. The number of carbonyl (C=O) groups is 1. The molecule has 2 aromatic heterocycles. The van der Waals surface area contributed by atoms with Gasteiger partial charge in [0.25, 0.3) is 0 Å². The van der Waals surface area contributed by atoms with Crippen LogP contribution in [-0.2, 0) is 18.3 Å². The highest BCUT2D eigenvalue weighted by atomic mass is 35.5. The van der Waals surface area contributed by atoms with Crippen molar-refractivity contribution in [1.82, 2.24) is 30.4 Å². The molecule has 0 atom stereocenters. The number of amides is 1. The standard InChI is InChI=1S/C8H8ClN7O/c1-16-7(13-14-15-16)4-8(17)10-6-3-2-5(9)11-12-6/h2-3H,4H2,1H3,(H,10,12,17). The van der Waals surface area contributed by atoms with Crippen LogP contribution in [-0.4, -0.2) is 36.3 Å². The van der Waals surface area contributed by atoms with Gasteiger partial charge in [0.15, 0.2) is 16.8 Å². The first-order valence-corrected chi connectivity index (χ1v) is 5.03. The SMILES string of the molecule is Cn1nnnc1CC(=O)Nc1ccc(Cl)nn1. The molecule has 88 valence electrons. The van der Waals surface area contributed by atoms with Crippen LogP contribution in [0.1, 0.15) is 5.82 Å². The van der Waals surface area contributed by atoms with E-state index in [1.54, 1.807) is 13.1 Å². The molecule has 1 N–H and O–H groups in total. The first-order chi connectivity index (χ1) is 8.15. The summed E-state index contributed by atoms with van der Waals surface area (Å²) in [5.41, 5.74) is 0. The van der Waals surface area contributed by atoms with Crippen LogP contribution in [0, 0.1) is 0 Å². The fourth-order valence-corrected chi connectivity index (χ4v) is 1.21. The Morgan fingerprint density at radius 2 is 2.24 bits per heavy atom. The van der Waals surface area contributed by atoms with Gasteiger partial charge in [0.1, 0.15) is 0 Å². The third-order valence-corrected chi connectivity index (χ3v) is 2.13. The monoisotopic (exact) mass is 253 g/mol. The molecule has 2 heterocycles. The maximum absolute atomic E-state index is 11.6. The van der Waals surface area contributed by atoms with Gasteiger partial charge >= 0.3 is 0 Å². The molecule has 0 aliphatic heterocycles. The zero-order chi connectivity index (χ0) is 12.3. The summed E-state index contributed by atoms with van der Waals surface area (Å²) >= 11 is 5.57. The molecule has 0 bridgehead atoms. The van der Waals surface area contributed by atoms with E-state index >= 15 is 0 Å². The van der Waals surface area contributed by atoms with Crippen molar-refractivity contribution in [1.29, 1.82) is 0 Å². The summed E-state index contributed by atoms with van der Waals surface area (Å²) in [6.45, 7) is 0. The van der Waals surface area contributed by atoms with E-state index in [1.807, 2.05) is 0 Å². The number of nitrogens with zero attached hydrogens (tertiary/aromatic N) is 6. The lowest BCUT2D eigenvalue weighted by Crippen LogP contribution is -2.18. The lowest BCUT2D eigenvalue weighted by Gasteiger charge is -2.02. The summed E-state index contributed by atoms with van der Waals surface area (Å²) in [7, 11) is 1.66. The number of nitrogens with one attached hydrogen (secondary N) is 1. The molecular weight excluding hydrogens is 246 g/mol. The molecule has 17 heavy (non-hydrogen) atoms. The smallest absolute Gasteiger partial charge is 0.233 e. The molecule has 0 unspecified atom stereocenters. The van der Waals surface area contributed by atoms with Crippen molar-refractivity contribution in [3.8, 4) is 0 Å². The van der Waals surface area contributed by atoms with E-state index in [2.05, 4.69) is 31.0 Å². The van der Waals surface area contributed by atoms with Gasteiger partial charge in [-0.2, -0.15) is 0 Å². The Kier molecular flexibility index (Phi) is 3.24. The summed E-state index contributed by atoms with van der Waals surface area (Å²) in [6, 6.07) is 3.09. The molecule has 0 aromatic carbocycles. The van der Waals surface area contributed by atoms with Crippen molar-refractivity contribution in [3.05, 3.63) is 23.1 Å². The Labute approximate surface area is 101 Å². The Morgan fingerprint density at radius 3 is 2.82 bits per heavy atom. The van der Waals surface area contributed by atoms with Gasteiger partial charge < -0.3 is 5.32 Å². The maximum atomic E-state index is 11.6. The zero-order valence-electron chi connectivity index (χ0n) is 8.83. The number of carbonyl (C=O) groups excluding carboxylic acids is 1. The minimum Gasteiger partial charge on any atom is -0.309 e. The second kappa shape index (κ2) is 4.83. The Morgan fingerprint density at radius 1 is 1.41 bits per heavy atom. The molecule has 9 heteroatoms. The average molecular weight is 254 g/mol. The van der Waals surface area contributed by atoms with E-state index < -0.39 is 0 Å². The maximum Gasteiger partial charge on any atom is 0.233 e. The number of aromatic nitrogens is 6. The van der Waals surface area contributed by atoms with E-state index in [-0.39, 0.29) is 17.5 Å². The van der Waals surface area contributed by atoms with Crippen LogP contribution >= 0.6 is 11.6 Å². The molecule has 0 saturated carbocycles. The molecule has 2 aromatic rings. The Hall–Kier alpha value is -2.09. The highest BCUT2D eigenvalue weighted by molar-refractivity contribution is 6.29. The predicted molar refractivity (Wildman–Crippen MR) is 58.2 cm³/mol. The number of rotatable bonds is 3. The quantitative estimate of drug-likeness (QED) is 0.816. The normalized spacial score (nSPS) is 10.2. The van der Waals surface area contributed by atoms with Crippen molar-refractivity contribution in [3.63, 3.8) is 0 Å². The average Bonchev–Trinajstić information content (AvgIpc) is 2.68. The largest absolute Gasteiger partial charge is 0.309 e. The topological polar surface area (TPSA) is 98.5 Å².